The van der Waals surface area contributed by atoms with E-state index in [1.807, 2.05) is 27.7 Å². The van der Waals surface area contributed by atoms with Gasteiger partial charge in [0.2, 0.25) is 0 Å². The molecule has 0 aromatic heterocycles. The molecule has 15 heavy (non-hydrogen) atoms. The number of carbonyl (C=O) groups is 1. The van der Waals surface area contributed by atoms with Gasteiger partial charge in [-0.25, -0.2) is 4.79 Å². The summed E-state index contributed by atoms with van der Waals surface area (Å²) in [6.45, 7) is 8.66. The van der Waals surface area contributed by atoms with Crippen LogP contribution in [-0.4, -0.2) is 29.7 Å². The Morgan fingerprint density at radius 3 is 2.80 bits per heavy atom. The van der Waals surface area contributed by atoms with E-state index >= 15 is 0 Å². The van der Waals surface area contributed by atoms with Crippen LogP contribution in [0.2, 0.25) is 0 Å². The van der Waals surface area contributed by atoms with Gasteiger partial charge in [-0.3, -0.25) is 4.90 Å². The van der Waals surface area contributed by atoms with Gasteiger partial charge in [-0.15, -0.1) is 0 Å². The minimum atomic E-state index is -0.450. The van der Waals surface area contributed by atoms with Gasteiger partial charge in [0.15, 0.2) is 0 Å². The lowest BCUT2D eigenvalue weighted by atomic mass is 10.2. The van der Waals surface area contributed by atoms with Crippen molar-refractivity contribution in [2.75, 3.05) is 13.2 Å². The molecule has 0 aromatic carbocycles. The second kappa shape index (κ2) is 4.55. The van der Waals surface area contributed by atoms with Gasteiger partial charge in [0.05, 0.1) is 12.2 Å². The van der Waals surface area contributed by atoms with Crippen LogP contribution in [0, 0.1) is 0 Å². The normalized spacial score (nSPS) is 16.8. The van der Waals surface area contributed by atoms with Gasteiger partial charge in [-0.2, -0.15) is 0 Å². The summed E-state index contributed by atoms with van der Waals surface area (Å²) in [5.74, 6) is 0. The number of hydrogen-bond acceptors (Lipinski definition) is 3. The molecule has 1 rings (SSSR count). The van der Waals surface area contributed by atoms with Crippen molar-refractivity contribution in [3.8, 4) is 0 Å². The van der Waals surface area contributed by atoms with E-state index in [0.717, 1.165) is 12.1 Å². The highest BCUT2D eigenvalue weighted by Crippen LogP contribution is 2.17. The van der Waals surface area contributed by atoms with Gasteiger partial charge >= 0.3 is 6.09 Å². The lowest BCUT2D eigenvalue weighted by Crippen LogP contribution is -2.39. The molecule has 0 aliphatic carbocycles. The zero-order valence-corrected chi connectivity index (χ0v) is 9.87. The quantitative estimate of drug-likeness (QED) is 0.671. The number of ether oxygens (including phenoxy) is 2. The summed E-state index contributed by atoms with van der Waals surface area (Å²) in [6, 6.07) is 0. The molecule has 0 unspecified atom stereocenters. The molecule has 1 aliphatic rings. The third-order valence-corrected chi connectivity index (χ3v) is 1.97. The van der Waals surface area contributed by atoms with Crippen molar-refractivity contribution in [2.45, 2.75) is 39.7 Å². The molecule has 0 spiro atoms. The first-order valence-electron chi connectivity index (χ1n) is 5.25. The van der Waals surface area contributed by atoms with Gasteiger partial charge in [0.25, 0.3) is 0 Å². The Morgan fingerprint density at radius 1 is 1.60 bits per heavy atom. The average Bonchev–Trinajstić information content (AvgIpc) is 2.15. The fourth-order valence-electron chi connectivity index (χ4n) is 1.31. The molecule has 0 N–H and O–H groups in total. The lowest BCUT2D eigenvalue weighted by molar-refractivity contribution is 0.0226. The van der Waals surface area contributed by atoms with Crippen molar-refractivity contribution in [1.29, 1.82) is 0 Å². The Kier molecular flexibility index (Phi) is 3.61. The van der Waals surface area contributed by atoms with E-state index in [2.05, 4.69) is 0 Å². The second-order valence-corrected chi connectivity index (χ2v) is 4.47. The van der Waals surface area contributed by atoms with Crippen LogP contribution in [0.4, 0.5) is 4.79 Å². The molecule has 0 atom stereocenters. The molecule has 0 fully saturated rings. The van der Waals surface area contributed by atoms with E-state index in [4.69, 9.17) is 9.47 Å². The highest BCUT2D eigenvalue weighted by molar-refractivity contribution is 5.70. The minimum Gasteiger partial charge on any atom is -0.498 e. The molecule has 1 aliphatic heterocycles. The molecular weight excluding hydrogens is 194 g/mol. The van der Waals surface area contributed by atoms with E-state index in [1.54, 1.807) is 11.2 Å². The van der Waals surface area contributed by atoms with Gasteiger partial charge in [0, 0.05) is 0 Å². The van der Waals surface area contributed by atoms with Crippen molar-refractivity contribution in [1.82, 2.24) is 4.90 Å². The molecule has 0 saturated heterocycles. The van der Waals surface area contributed by atoms with Crippen molar-refractivity contribution < 1.29 is 14.3 Å². The van der Waals surface area contributed by atoms with Gasteiger partial charge in [-0.05, 0) is 27.2 Å². The van der Waals surface area contributed by atoms with E-state index < -0.39 is 5.60 Å². The SMILES string of the molecule is CCC1=COCCN1C(=O)OC(C)(C)C. The molecule has 0 bridgehead atoms. The Bertz CT molecular complexity index is 265. The van der Waals surface area contributed by atoms with Crippen molar-refractivity contribution in [3.05, 3.63) is 12.0 Å². The largest absolute Gasteiger partial charge is 0.498 e. The number of carbonyl (C=O) groups excluding carboxylic acids is 1. The first-order valence-corrected chi connectivity index (χ1v) is 5.25. The number of rotatable bonds is 1. The fourth-order valence-corrected chi connectivity index (χ4v) is 1.31. The van der Waals surface area contributed by atoms with Crippen LogP contribution in [0.5, 0.6) is 0 Å². The first kappa shape index (κ1) is 11.9. The molecule has 1 heterocycles. The summed E-state index contributed by atoms with van der Waals surface area (Å²) in [7, 11) is 0. The molecular formula is C11H19NO3. The Hall–Kier alpha value is -1.19. The summed E-state index contributed by atoms with van der Waals surface area (Å²) < 4.78 is 10.5. The van der Waals surface area contributed by atoms with E-state index in [-0.39, 0.29) is 6.09 Å². The molecule has 0 saturated carbocycles. The zero-order chi connectivity index (χ0) is 11.5. The minimum absolute atomic E-state index is 0.293. The van der Waals surface area contributed by atoms with Crippen molar-refractivity contribution in [3.63, 3.8) is 0 Å². The van der Waals surface area contributed by atoms with E-state index in [0.29, 0.717) is 13.2 Å². The molecule has 1 amide bonds. The standard InChI is InChI=1S/C11H19NO3/c1-5-9-8-14-7-6-12(9)10(13)15-11(2,3)4/h8H,5-7H2,1-4H3. The van der Waals surface area contributed by atoms with Gasteiger partial charge in [-0.1, -0.05) is 6.92 Å². The predicted octanol–water partition coefficient (Wildman–Crippen LogP) is 2.51. The van der Waals surface area contributed by atoms with Crippen LogP contribution in [0.1, 0.15) is 34.1 Å². The maximum absolute atomic E-state index is 11.8. The van der Waals surface area contributed by atoms with Crippen LogP contribution in [-0.2, 0) is 9.47 Å². The third kappa shape index (κ3) is 3.46. The topological polar surface area (TPSA) is 38.8 Å². The number of nitrogens with zero attached hydrogens (tertiary/aromatic N) is 1. The lowest BCUT2D eigenvalue weighted by Gasteiger charge is -2.30. The summed E-state index contributed by atoms with van der Waals surface area (Å²) in [6.07, 6.45) is 2.10. The van der Waals surface area contributed by atoms with Gasteiger partial charge in [0.1, 0.15) is 18.5 Å². The molecule has 4 nitrogen and oxygen atoms in total. The number of amides is 1. The van der Waals surface area contributed by atoms with Crippen LogP contribution in [0.3, 0.4) is 0 Å². The van der Waals surface area contributed by atoms with Crippen molar-refractivity contribution >= 4 is 6.09 Å². The molecule has 86 valence electrons. The summed E-state index contributed by atoms with van der Waals surface area (Å²) in [5.41, 5.74) is 0.421. The number of allylic oxidation sites excluding steroid dienone is 1. The van der Waals surface area contributed by atoms with E-state index in [1.165, 1.54) is 0 Å². The summed E-state index contributed by atoms with van der Waals surface area (Å²) >= 11 is 0. The fraction of sp³-hybridized carbons (Fsp3) is 0.727. The van der Waals surface area contributed by atoms with Crippen LogP contribution in [0.15, 0.2) is 12.0 Å². The Balaban J connectivity index is 2.66. The number of hydrogen-bond donors (Lipinski definition) is 0. The van der Waals surface area contributed by atoms with E-state index in [9.17, 15) is 4.79 Å². The first-order chi connectivity index (χ1) is 6.94. The average molecular weight is 213 g/mol. The van der Waals surface area contributed by atoms with Crippen molar-refractivity contribution in [2.24, 2.45) is 0 Å². The summed E-state index contributed by atoms with van der Waals surface area (Å²) in [5, 5.41) is 0. The molecule has 0 radical (unpaired) electrons. The second-order valence-electron chi connectivity index (χ2n) is 4.47. The van der Waals surface area contributed by atoms with Gasteiger partial charge < -0.3 is 9.47 Å². The Morgan fingerprint density at radius 2 is 2.27 bits per heavy atom. The highest BCUT2D eigenvalue weighted by Gasteiger charge is 2.25. The Labute approximate surface area is 90.8 Å². The highest BCUT2D eigenvalue weighted by atomic mass is 16.6. The van der Waals surface area contributed by atoms with Crippen LogP contribution in [0.25, 0.3) is 0 Å². The molecule has 4 heteroatoms. The van der Waals surface area contributed by atoms with Crippen LogP contribution < -0.4 is 0 Å². The predicted molar refractivity (Wildman–Crippen MR) is 57.3 cm³/mol. The maximum atomic E-state index is 11.8. The third-order valence-electron chi connectivity index (χ3n) is 1.97. The molecule has 0 aromatic rings. The van der Waals surface area contributed by atoms with Crippen LogP contribution >= 0.6 is 0 Å². The summed E-state index contributed by atoms with van der Waals surface area (Å²) in [4.78, 5) is 13.4. The zero-order valence-electron chi connectivity index (χ0n) is 9.87. The maximum Gasteiger partial charge on any atom is 0.414 e. The smallest absolute Gasteiger partial charge is 0.414 e. The monoisotopic (exact) mass is 213 g/mol.